The van der Waals surface area contributed by atoms with E-state index in [4.69, 9.17) is 30.5 Å². The average Bonchev–Trinajstić information content (AvgIpc) is 3.46. The third-order valence-corrected chi connectivity index (χ3v) is 15.0. The molecule has 2 bridgehead atoms. The Morgan fingerprint density at radius 1 is 1.02 bits per heavy atom. The number of piperazine rings is 1. The summed E-state index contributed by atoms with van der Waals surface area (Å²) in [5.74, 6) is -0.493. The van der Waals surface area contributed by atoms with Gasteiger partial charge in [-0.15, -0.1) is 0 Å². The van der Waals surface area contributed by atoms with Gasteiger partial charge in [-0.05, 0) is 98.8 Å². The van der Waals surface area contributed by atoms with Gasteiger partial charge in [0.2, 0.25) is 10.0 Å². The Morgan fingerprint density at radius 3 is 2.59 bits per heavy atom. The lowest BCUT2D eigenvalue weighted by Gasteiger charge is -2.47. The van der Waals surface area contributed by atoms with E-state index in [1.807, 2.05) is 37.3 Å². The first-order valence-electron chi connectivity index (χ1n) is 20.2. The van der Waals surface area contributed by atoms with Crippen LogP contribution >= 0.6 is 11.6 Å². The van der Waals surface area contributed by atoms with Crippen LogP contribution in [0, 0.1) is 17.8 Å². The van der Waals surface area contributed by atoms with Gasteiger partial charge in [0.05, 0.1) is 36.8 Å². The van der Waals surface area contributed by atoms with Crippen molar-refractivity contribution in [1.82, 2.24) is 14.9 Å². The van der Waals surface area contributed by atoms with Crippen LogP contribution in [0.4, 0.5) is 5.69 Å². The van der Waals surface area contributed by atoms with Crippen LogP contribution in [0.2, 0.25) is 5.02 Å². The van der Waals surface area contributed by atoms with Gasteiger partial charge in [0.25, 0.3) is 5.91 Å². The first-order chi connectivity index (χ1) is 27.0. The Labute approximate surface area is 336 Å². The number of rotatable bonds is 4. The number of carbonyl (C=O) groups excluding carboxylic acids is 2. The maximum Gasteiger partial charge on any atom is 0.264 e. The summed E-state index contributed by atoms with van der Waals surface area (Å²) in [6, 6.07) is 9.44. The number of fused-ring (bicyclic) bond motifs is 3. The fraction of sp³-hybridized carbons (Fsp3) is 0.619. The molecule has 7 rings (SSSR count). The standard InChI is InChI=1S/C42H57ClN4O8S/c1-28-7-6-13-42(27-48,52-3)37-12-10-31(37)22-47-16-5-4-8-30-19-34(43)11-9-32(30)23-55-40-36(20-33(21-38(40)47)41(49)45-56(50,51)29(28)2)39-26-53-24-35(25-54-39)46-17-14-44-15-18-46/h6,9,11,13,19-21,27-29,31,35,37,39,44H,4-5,7-8,10,12,14-18,22-26H2,1-3H3,(H,45,49)/b13-6+/t28-,29+,31-,35?,37+,39?,42-/m0/s1. The Kier molecular flexibility index (Phi) is 13.1. The van der Waals surface area contributed by atoms with Crippen molar-refractivity contribution in [2.75, 3.05) is 71.1 Å². The van der Waals surface area contributed by atoms with Gasteiger partial charge >= 0.3 is 0 Å². The summed E-state index contributed by atoms with van der Waals surface area (Å²) in [6.45, 7) is 9.66. The topological polar surface area (TPSA) is 136 Å². The lowest BCUT2D eigenvalue weighted by atomic mass is 9.64. The number of ether oxygens (including phenoxy) is 4. The number of sulfonamides is 1. The van der Waals surface area contributed by atoms with Crippen LogP contribution < -0.4 is 19.7 Å². The molecule has 2 aromatic carbocycles. The van der Waals surface area contributed by atoms with Gasteiger partial charge < -0.3 is 29.2 Å². The molecule has 3 fully saturated rings. The number of aldehydes is 1. The van der Waals surface area contributed by atoms with Gasteiger partial charge in [-0.2, -0.15) is 0 Å². The van der Waals surface area contributed by atoms with E-state index in [9.17, 15) is 18.0 Å². The number of hydrogen-bond donors (Lipinski definition) is 2. The average molecular weight is 813 g/mol. The molecule has 2 aromatic rings. The molecule has 5 aliphatic rings. The van der Waals surface area contributed by atoms with Crippen molar-refractivity contribution in [3.8, 4) is 5.75 Å². The van der Waals surface area contributed by atoms with Crippen LogP contribution in [0.5, 0.6) is 5.75 Å². The maximum atomic E-state index is 14.2. The number of halogens is 1. The molecule has 2 saturated heterocycles. The molecule has 2 N–H and O–H groups in total. The Hall–Kier alpha value is -3.04. The van der Waals surface area contributed by atoms with Gasteiger partial charge in [0.1, 0.15) is 24.1 Å². The molecule has 2 unspecified atom stereocenters. The third kappa shape index (κ3) is 8.84. The van der Waals surface area contributed by atoms with Crippen LogP contribution in [0.25, 0.3) is 0 Å². The number of aryl methyl sites for hydroxylation is 1. The van der Waals surface area contributed by atoms with E-state index < -0.39 is 32.9 Å². The number of carbonyl (C=O) groups is 2. The van der Waals surface area contributed by atoms with E-state index in [1.165, 1.54) is 0 Å². The van der Waals surface area contributed by atoms with Crippen LogP contribution in [-0.4, -0.2) is 109 Å². The summed E-state index contributed by atoms with van der Waals surface area (Å²) >= 11 is 6.48. The molecule has 306 valence electrons. The molecule has 0 spiro atoms. The molecule has 0 radical (unpaired) electrons. The number of nitrogens with one attached hydrogen (secondary N) is 2. The molecule has 7 atom stereocenters. The van der Waals surface area contributed by atoms with Crippen molar-refractivity contribution in [2.24, 2.45) is 17.8 Å². The van der Waals surface area contributed by atoms with Gasteiger partial charge in [-0.1, -0.05) is 30.7 Å². The van der Waals surface area contributed by atoms with Crippen molar-refractivity contribution in [3.05, 3.63) is 69.8 Å². The van der Waals surface area contributed by atoms with Crippen LogP contribution in [-0.2, 0) is 42.1 Å². The normalized spacial score (nSPS) is 32.5. The predicted octanol–water partition coefficient (Wildman–Crippen LogP) is 5.08. The molecule has 12 nitrogen and oxygen atoms in total. The minimum atomic E-state index is -4.10. The fourth-order valence-corrected chi connectivity index (χ4v) is 10.4. The highest BCUT2D eigenvalue weighted by molar-refractivity contribution is 7.90. The van der Waals surface area contributed by atoms with Gasteiger partial charge in [-0.25, -0.2) is 13.1 Å². The summed E-state index contributed by atoms with van der Waals surface area (Å²) in [6.07, 6.45) is 8.62. The summed E-state index contributed by atoms with van der Waals surface area (Å²) < 4.78 is 56.0. The van der Waals surface area contributed by atoms with E-state index in [1.54, 1.807) is 26.2 Å². The summed E-state index contributed by atoms with van der Waals surface area (Å²) in [5, 5.41) is 3.18. The second-order valence-corrected chi connectivity index (χ2v) is 18.7. The minimum Gasteiger partial charge on any atom is -0.486 e. The highest BCUT2D eigenvalue weighted by atomic mass is 35.5. The van der Waals surface area contributed by atoms with Crippen LogP contribution in [0.3, 0.4) is 0 Å². The quantitative estimate of drug-likeness (QED) is 0.316. The monoisotopic (exact) mass is 812 g/mol. The molecule has 14 heteroatoms. The van der Waals surface area contributed by atoms with Crippen molar-refractivity contribution < 1.29 is 37.0 Å². The number of nitrogens with zero attached hydrogens (tertiary/aromatic N) is 2. The summed E-state index contributed by atoms with van der Waals surface area (Å²) in [4.78, 5) is 31.8. The van der Waals surface area contributed by atoms with Crippen molar-refractivity contribution in [1.29, 1.82) is 0 Å². The highest BCUT2D eigenvalue weighted by Crippen LogP contribution is 2.47. The Morgan fingerprint density at radius 2 is 1.84 bits per heavy atom. The summed E-state index contributed by atoms with van der Waals surface area (Å²) in [7, 11) is -2.54. The van der Waals surface area contributed by atoms with Crippen molar-refractivity contribution in [3.63, 3.8) is 0 Å². The lowest BCUT2D eigenvalue weighted by molar-refractivity contribution is -0.135. The smallest absolute Gasteiger partial charge is 0.264 e. The number of hydrogen-bond acceptors (Lipinski definition) is 11. The first kappa shape index (κ1) is 41.1. The molecule has 4 aliphatic heterocycles. The van der Waals surface area contributed by atoms with E-state index in [-0.39, 0.29) is 42.6 Å². The number of anilines is 1. The van der Waals surface area contributed by atoms with Gasteiger partial charge in [-0.3, -0.25) is 14.5 Å². The first-order valence-corrected chi connectivity index (χ1v) is 22.2. The Balaban J connectivity index is 1.36. The van der Waals surface area contributed by atoms with E-state index in [2.05, 4.69) is 19.8 Å². The zero-order valence-corrected chi connectivity index (χ0v) is 34.4. The van der Waals surface area contributed by atoms with E-state index in [0.29, 0.717) is 54.7 Å². The summed E-state index contributed by atoms with van der Waals surface area (Å²) in [5.41, 5.74) is 2.49. The molecule has 1 aliphatic carbocycles. The number of benzene rings is 2. The molecule has 1 amide bonds. The van der Waals surface area contributed by atoms with Crippen LogP contribution in [0.15, 0.2) is 42.5 Å². The molecule has 4 heterocycles. The highest BCUT2D eigenvalue weighted by Gasteiger charge is 2.47. The zero-order valence-electron chi connectivity index (χ0n) is 32.8. The SMILES string of the molecule is CO[C@]1(C=O)/C=C/C[C@H](C)[C@@H](C)S(=O)(=O)NC(=O)c2cc(C3COCC(N4CCNCC4)CO3)c3c(c2)N(CCCCc2cc(Cl)ccc2CO3)C[C@@H]2CC[C@H]21. The van der Waals surface area contributed by atoms with E-state index >= 15 is 0 Å². The second-order valence-electron chi connectivity index (χ2n) is 16.2. The molecule has 0 aromatic heterocycles. The molecule has 56 heavy (non-hydrogen) atoms. The van der Waals surface area contributed by atoms with Crippen LogP contribution in [0.1, 0.15) is 79.1 Å². The molecular formula is C42H57ClN4O8S. The Bertz CT molecular complexity index is 1870. The maximum absolute atomic E-state index is 14.2. The van der Waals surface area contributed by atoms with Crippen molar-refractivity contribution >= 4 is 39.5 Å². The fourth-order valence-electron chi connectivity index (χ4n) is 8.94. The molecular weight excluding hydrogens is 756 g/mol. The predicted molar refractivity (Wildman–Crippen MR) is 216 cm³/mol. The van der Waals surface area contributed by atoms with Gasteiger partial charge in [0, 0.05) is 68.4 Å². The third-order valence-electron chi connectivity index (χ3n) is 12.9. The number of allylic oxidation sites excluding steroid dienone is 1. The number of amides is 1. The minimum absolute atomic E-state index is 0.0651. The zero-order chi connectivity index (χ0) is 39.5. The second kappa shape index (κ2) is 17.8. The largest absolute Gasteiger partial charge is 0.486 e. The van der Waals surface area contributed by atoms with E-state index in [0.717, 1.165) is 75.7 Å². The van der Waals surface area contributed by atoms with Crippen molar-refractivity contribution in [2.45, 2.75) is 82.0 Å². The van der Waals surface area contributed by atoms with Gasteiger partial charge in [0.15, 0.2) is 6.29 Å². The number of methoxy groups -OCH3 is 1. The lowest BCUT2D eigenvalue weighted by Crippen LogP contribution is -2.52. The molecule has 1 saturated carbocycles.